The van der Waals surface area contributed by atoms with Gasteiger partial charge in [0.15, 0.2) is 11.5 Å². The molecule has 0 N–H and O–H groups in total. The minimum Gasteiger partial charge on any atom is -0.486 e. The first-order chi connectivity index (χ1) is 13.1. The molecule has 4 nitrogen and oxygen atoms in total. The number of anilines is 1. The van der Waals surface area contributed by atoms with Gasteiger partial charge in [0.25, 0.3) is 5.91 Å². The number of fused-ring (bicyclic) bond motifs is 1. The van der Waals surface area contributed by atoms with Crippen molar-refractivity contribution in [3.8, 4) is 11.5 Å². The Kier molecular flexibility index (Phi) is 4.77. The fraction of sp³-hybridized carbons (Fsp3) is 0.150. The summed E-state index contributed by atoms with van der Waals surface area (Å²) in [6.45, 7) is 1.10. The predicted octanol–water partition coefficient (Wildman–Crippen LogP) is 4.64. The highest BCUT2D eigenvalue weighted by Gasteiger charge is 2.24. The van der Waals surface area contributed by atoms with Gasteiger partial charge in [-0.25, -0.2) is 8.78 Å². The summed E-state index contributed by atoms with van der Waals surface area (Å²) in [5.41, 5.74) is 0.197. The Hall–Kier alpha value is -2.93. The van der Waals surface area contributed by atoms with Crippen LogP contribution in [0.2, 0.25) is 0 Å². The van der Waals surface area contributed by atoms with Crippen LogP contribution in [0.1, 0.15) is 15.2 Å². The van der Waals surface area contributed by atoms with Crippen molar-refractivity contribution in [2.24, 2.45) is 0 Å². The largest absolute Gasteiger partial charge is 0.486 e. The fourth-order valence-corrected chi connectivity index (χ4v) is 3.54. The van der Waals surface area contributed by atoms with Crippen molar-refractivity contribution < 1.29 is 23.0 Å². The molecule has 0 aliphatic carbocycles. The van der Waals surface area contributed by atoms with Crippen LogP contribution in [0.4, 0.5) is 14.5 Å². The first-order valence-electron chi connectivity index (χ1n) is 8.31. The normalized spacial score (nSPS) is 12.7. The smallest absolute Gasteiger partial charge is 0.261 e. The third-order valence-corrected chi connectivity index (χ3v) is 5.00. The lowest BCUT2D eigenvalue weighted by Crippen LogP contribution is -2.31. The number of benzene rings is 2. The van der Waals surface area contributed by atoms with Crippen molar-refractivity contribution in [1.29, 1.82) is 0 Å². The van der Waals surface area contributed by atoms with E-state index < -0.39 is 17.5 Å². The van der Waals surface area contributed by atoms with Crippen LogP contribution in [0.25, 0.3) is 0 Å². The van der Waals surface area contributed by atoms with Crippen molar-refractivity contribution >= 4 is 22.9 Å². The SMILES string of the molecule is O=C(c1cc(F)ccc1F)N(Cc1cccs1)c1ccc2c(c1)OCCO2. The van der Waals surface area contributed by atoms with Crippen molar-refractivity contribution in [2.75, 3.05) is 18.1 Å². The maximum atomic E-state index is 14.2. The van der Waals surface area contributed by atoms with E-state index in [9.17, 15) is 13.6 Å². The van der Waals surface area contributed by atoms with Crippen LogP contribution in [0, 0.1) is 11.6 Å². The van der Waals surface area contributed by atoms with E-state index in [1.54, 1.807) is 18.2 Å². The quantitative estimate of drug-likeness (QED) is 0.654. The zero-order valence-electron chi connectivity index (χ0n) is 14.2. The van der Waals surface area contributed by atoms with Crippen LogP contribution >= 0.6 is 11.3 Å². The summed E-state index contributed by atoms with van der Waals surface area (Å²) in [5.74, 6) is -0.960. The molecule has 1 aliphatic rings. The Morgan fingerprint density at radius 1 is 1.04 bits per heavy atom. The van der Waals surface area contributed by atoms with E-state index in [2.05, 4.69) is 0 Å². The lowest BCUT2D eigenvalue weighted by atomic mass is 10.1. The summed E-state index contributed by atoms with van der Waals surface area (Å²) < 4.78 is 38.9. The van der Waals surface area contributed by atoms with E-state index in [0.717, 1.165) is 23.1 Å². The molecule has 0 unspecified atom stereocenters. The van der Waals surface area contributed by atoms with Gasteiger partial charge in [0.2, 0.25) is 0 Å². The number of thiophene rings is 1. The van der Waals surface area contributed by atoms with Crippen LogP contribution in [0.5, 0.6) is 11.5 Å². The maximum absolute atomic E-state index is 14.2. The second-order valence-electron chi connectivity index (χ2n) is 5.92. The molecule has 4 rings (SSSR count). The van der Waals surface area contributed by atoms with E-state index in [-0.39, 0.29) is 12.1 Å². The van der Waals surface area contributed by atoms with Gasteiger partial charge >= 0.3 is 0 Å². The standard InChI is InChI=1S/C20H15F2NO3S/c21-13-3-5-17(22)16(10-13)20(24)23(12-15-2-1-9-27-15)14-4-6-18-19(11-14)26-8-7-25-18/h1-6,9-11H,7-8,12H2. The number of amides is 1. The van der Waals surface area contributed by atoms with Gasteiger partial charge in [0.1, 0.15) is 24.8 Å². The molecule has 7 heteroatoms. The highest BCUT2D eigenvalue weighted by molar-refractivity contribution is 7.09. The van der Waals surface area contributed by atoms with Gasteiger partial charge in [0, 0.05) is 16.6 Å². The number of ether oxygens (including phenoxy) is 2. The van der Waals surface area contributed by atoms with Gasteiger partial charge in [-0.3, -0.25) is 4.79 Å². The topological polar surface area (TPSA) is 38.8 Å². The highest BCUT2D eigenvalue weighted by Crippen LogP contribution is 2.35. The van der Waals surface area contributed by atoms with Gasteiger partial charge in [-0.15, -0.1) is 11.3 Å². The van der Waals surface area contributed by atoms with E-state index in [4.69, 9.17) is 9.47 Å². The Morgan fingerprint density at radius 2 is 1.85 bits per heavy atom. The lowest BCUT2D eigenvalue weighted by Gasteiger charge is -2.25. The molecule has 0 spiro atoms. The molecular formula is C20H15F2NO3S. The minimum atomic E-state index is -0.768. The third kappa shape index (κ3) is 3.64. The van der Waals surface area contributed by atoms with Crippen LogP contribution in [0.15, 0.2) is 53.9 Å². The van der Waals surface area contributed by atoms with Gasteiger partial charge in [-0.1, -0.05) is 6.07 Å². The molecule has 0 radical (unpaired) electrons. The molecule has 1 aliphatic heterocycles. The number of hydrogen-bond donors (Lipinski definition) is 0. The van der Waals surface area contributed by atoms with Crippen molar-refractivity contribution in [3.63, 3.8) is 0 Å². The molecule has 1 amide bonds. The zero-order chi connectivity index (χ0) is 18.8. The second-order valence-corrected chi connectivity index (χ2v) is 6.96. The van der Waals surface area contributed by atoms with Crippen LogP contribution < -0.4 is 14.4 Å². The van der Waals surface area contributed by atoms with Crippen LogP contribution in [-0.4, -0.2) is 19.1 Å². The van der Waals surface area contributed by atoms with Gasteiger partial charge < -0.3 is 14.4 Å². The molecule has 138 valence electrons. The van der Waals surface area contributed by atoms with Crippen molar-refractivity contribution in [1.82, 2.24) is 0 Å². The van der Waals surface area contributed by atoms with Gasteiger partial charge in [-0.05, 0) is 41.8 Å². The summed E-state index contributed by atoms with van der Waals surface area (Å²) in [6, 6.07) is 11.7. The second kappa shape index (κ2) is 7.36. The lowest BCUT2D eigenvalue weighted by molar-refractivity contribution is 0.0981. The van der Waals surface area contributed by atoms with Crippen molar-refractivity contribution in [2.45, 2.75) is 6.54 Å². The fourth-order valence-electron chi connectivity index (χ4n) is 2.85. The molecule has 3 aromatic rings. The number of hydrogen-bond acceptors (Lipinski definition) is 4. The molecule has 0 saturated heterocycles. The number of nitrogens with zero attached hydrogens (tertiary/aromatic N) is 1. The molecule has 0 fully saturated rings. The number of halogens is 2. The van der Waals surface area contributed by atoms with E-state index in [1.807, 2.05) is 17.5 Å². The Balaban J connectivity index is 1.75. The summed E-state index contributed by atoms with van der Waals surface area (Å²) in [4.78, 5) is 15.4. The van der Waals surface area contributed by atoms with E-state index >= 15 is 0 Å². The molecule has 27 heavy (non-hydrogen) atoms. The summed E-state index contributed by atoms with van der Waals surface area (Å²) in [5, 5.41) is 1.89. The molecule has 1 aromatic heterocycles. The van der Waals surface area contributed by atoms with Crippen LogP contribution in [0.3, 0.4) is 0 Å². The van der Waals surface area contributed by atoms with Crippen LogP contribution in [-0.2, 0) is 6.54 Å². The van der Waals surface area contributed by atoms with Gasteiger partial charge in [0.05, 0.1) is 12.1 Å². The number of carbonyl (C=O) groups is 1. The molecule has 0 saturated carbocycles. The molecule has 0 bridgehead atoms. The first-order valence-corrected chi connectivity index (χ1v) is 9.19. The first kappa shape index (κ1) is 17.5. The molecule has 2 heterocycles. The Bertz CT molecular complexity index is 975. The van der Waals surface area contributed by atoms with Gasteiger partial charge in [-0.2, -0.15) is 0 Å². The Labute approximate surface area is 158 Å². The minimum absolute atomic E-state index is 0.228. The predicted molar refractivity (Wildman–Crippen MR) is 98.6 cm³/mol. The molecule has 2 aromatic carbocycles. The average Bonchev–Trinajstić information content (AvgIpc) is 3.20. The third-order valence-electron chi connectivity index (χ3n) is 4.14. The number of rotatable bonds is 4. The highest BCUT2D eigenvalue weighted by atomic mass is 32.1. The van der Waals surface area contributed by atoms with E-state index in [0.29, 0.717) is 30.4 Å². The monoisotopic (exact) mass is 387 g/mol. The van der Waals surface area contributed by atoms with Crippen molar-refractivity contribution in [3.05, 3.63) is 76.0 Å². The Morgan fingerprint density at radius 3 is 2.63 bits per heavy atom. The number of carbonyl (C=O) groups excluding carboxylic acids is 1. The summed E-state index contributed by atoms with van der Waals surface area (Å²) in [7, 11) is 0. The molecule has 0 atom stereocenters. The summed E-state index contributed by atoms with van der Waals surface area (Å²) in [6.07, 6.45) is 0. The maximum Gasteiger partial charge on any atom is 0.261 e. The summed E-state index contributed by atoms with van der Waals surface area (Å²) >= 11 is 1.48. The zero-order valence-corrected chi connectivity index (χ0v) is 15.0. The molecular weight excluding hydrogens is 372 g/mol. The van der Waals surface area contributed by atoms with E-state index in [1.165, 1.54) is 16.2 Å². The average molecular weight is 387 g/mol.